The summed E-state index contributed by atoms with van der Waals surface area (Å²) in [6, 6.07) is 12.1. The fourth-order valence-corrected chi connectivity index (χ4v) is 2.97. The number of anilines is 1. The quantitative estimate of drug-likeness (QED) is 0.833. The maximum Gasteiger partial charge on any atom is 0.272 e. The maximum atomic E-state index is 12.7. The van der Waals surface area contributed by atoms with E-state index in [-0.39, 0.29) is 5.91 Å². The molecule has 1 aliphatic rings. The number of hydrogen-bond donors (Lipinski definition) is 0. The van der Waals surface area contributed by atoms with Crippen LogP contribution in [-0.2, 0) is 6.54 Å². The van der Waals surface area contributed by atoms with Gasteiger partial charge in [0, 0.05) is 45.3 Å². The topological polar surface area (TPSA) is 52.6 Å². The van der Waals surface area contributed by atoms with E-state index in [1.54, 1.807) is 0 Å². The van der Waals surface area contributed by atoms with Gasteiger partial charge in [0.2, 0.25) is 0 Å². The molecule has 0 aliphatic carbocycles. The van der Waals surface area contributed by atoms with Crippen molar-refractivity contribution >= 4 is 11.7 Å². The SMILES string of the molecule is CCN(Cc1ccccc1)c1cc(C(=O)N2CCN(C)CC2)ncn1. The monoisotopic (exact) mass is 339 g/mol. The number of amides is 1. The number of hydrogen-bond acceptors (Lipinski definition) is 5. The molecule has 0 bridgehead atoms. The Morgan fingerprint density at radius 1 is 1.12 bits per heavy atom. The van der Waals surface area contributed by atoms with Gasteiger partial charge in [0.25, 0.3) is 5.91 Å². The van der Waals surface area contributed by atoms with Crippen LogP contribution in [0.15, 0.2) is 42.7 Å². The predicted octanol–water partition coefficient (Wildman–Crippen LogP) is 1.89. The fourth-order valence-electron chi connectivity index (χ4n) is 2.97. The van der Waals surface area contributed by atoms with Crippen LogP contribution in [-0.4, -0.2) is 65.4 Å². The number of likely N-dealkylation sites (N-methyl/N-ethyl adjacent to an activating group) is 1. The molecular weight excluding hydrogens is 314 g/mol. The summed E-state index contributed by atoms with van der Waals surface area (Å²) in [6.07, 6.45) is 1.49. The van der Waals surface area contributed by atoms with Crippen molar-refractivity contribution in [2.45, 2.75) is 13.5 Å². The van der Waals surface area contributed by atoms with Crippen LogP contribution < -0.4 is 4.90 Å². The number of carbonyl (C=O) groups excluding carboxylic acids is 1. The summed E-state index contributed by atoms with van der Waals surface area (Å²) in [7, 11) is 2.08. The molecule has 1 aromatic carbocycles. The average molecular weight is 339 g/mol. The average Bonchev–Trinajstić information content (AvgIpc) is 2.67. The molecule has 1 fully saturated rings. The molecule has 3 rings (SSSR count). The Kier molecular flexibility index (Phi) is 5.60. The van der Waals surface area contributed by atoms with Gasteiger partial charge in [0.15, 0.2) is 0 Å². The first kappa shape index (κ1) is 17.4. The van der Waals surface area contributed by atoms with E-state index in [1.165, 1.54) is 11.9 Å². The minimum absolute atomic E-state index is 0.00693. The molecule has 1 amide bonds. The lowest BCUT2D eigenvalue weighted by Gasteiger charge is -2.32. The molecule has 0 N–H and O–H groups in total. The second-order valence-corrected chi connectivity index (χ2v) is 6.36. The first-order valence-electron chi connectivity index (χ1n) is 8.76. The lowest BCUT2D eigenvalue weighted by molar-refractivity contribution is 0.0658. The van der Waals surface area contributed by atoms with Crippen LogP contribution in [0.5, 0.6) is 0 Å². The molecule has 1 aliphatic heterocycles. The summed E-state index contributed by atoms with van der Waals surface area (Å²) in [5.74, 6) is 0.784. The normalized spacial score (nSPS) is 15.2. The Morgan fingerprint density at radius 2 is 1.84 bits per heavy atom. The lowest BCUT2D eigenvalue weighted by Crippen LogP contribution is -2.47. The van der Waals surface area contributed by atoms with Crippen LogP contribution in [0.4, 0.5) is 5.82 Å². The highest BCUT2D eigenvalue weighted by molar-refractivity contribution is 5.93. The molecule has 0 spiro atoms. The Hall–Kier alpha value is -2.47. The van der Waals surface area contributed by atoms with Crippen LogP contribution in [0.25, 0.3) is 0 Å². The fraction of sp³-hybridized carbons (Fsp3) is 0.421. The van der Waals surface area contributed by atoms with E-state index < -0.39 is 0 Å². The van der Waals surface area contributed by atoms with Gasteiger partial charge in [-0.2, -0.15) is 0 Å². The van der Waals surface area contributed by atoms with Crippen LogP contribution in [0.1, 0.15) is 23.0 Å². The summed E-state index contributed by atoms with van der Waals surface area (Å²) in [4.78, 5) is 27.6. The van der Waals surface area contributed by atoms with Crippen molar-refractivity contribution in [3.63, 3.8) is 0 Å². The Bertz CT molecular complexity index is 698. The van der Waals surface area contributed by atoms with Crippen molar-refractivity contribution in [3.8, 4) is 0 Å². The zero-order valence-corrected chi connectivity index (χ0v) is 14.9. The summed E-state index contributed by atoms with van der Waals surface area (Å²) in [5, 5.41) is 0. The van der Waals surface area contributed by atoms with Gasteiger partial charge in [-0.3, -0.25) is 4.79 Å². The molecule has 0 radical (unpaired) electrons. The van der Waals surface area contributed by atoms with E-state index in [2.05, 4.69) is 45.9 Å². The van der Waals surface area contributed by atoms with Crippen molar-refractivity contribution < 1.29 is 4.79 Å². The molecule has 6 nitrogen and oxygen atoms in total. The third-order valence-electron chi connectivity index (χ3n) is 4.58. The van der Waals surface area contributed by atoms with Crippen LogP contribution in [0.3, 0.4) is 0 Å². The number of aromatic nitrogens is 2. The highest BCUT2D eigenvalue weighted by atomic mass is 16.2. The van der Waals surface area contributed by atoms with Gasteiger partial charge < -0.3 is 14.7 Å². The van der Waals surface area contributed by atoms with E-state index >= 15 is 0 Å². The number of rotatable bonds is 5. The highest BCUT2D eigenvalue weighted by Crippen LogP contribution is 2.16. The van der Waals surface area contributed by atoms with Gasteiger partial charge in [0.1, 0.15) is 17.8 Å². The van der Waals surface area contributed by atoms with Crippen LogP contribution >= 0.6 is 0 Å². The molecule has 132 valence electrons. The van der Waals surface area contributed by atoms with Gasteiger partial charge in [-0.15, -0.1) is 0 Å². The van der Waals surface area contributed by atoms with Crippen molar-refractivity contribution in [3.05, 3.63) is 54.0 Å². The second-order valence-electron chi connectivity index (χ2n) is 6.36. The largest absolute Gasteiger partial charge is 0.352 e. The van der Waals surface area contributed by atoms with Crippen LogP contribution in [0, 0.1) is 0 Å². The van der Waals surface area contributed by atoms with Crippen molar-refractivity contribution in [2.75, 3.05) is 44.7 Å². The van der Waals surface area contributed by atoms with Gasteiger partial charge in [-0.1, -0.05) is 30.3 Å². The van der Waals surface area contributed by atoms with E-state index in [0.29, 0.717) is 5.69 Å². The summed E-state index contributed by atoms with van der Waals surface area (Å²) in [6.45, 7) is 6.96. The maximum absolute atomic E-state index is 12.7. The van der Waals surface area contributed by atoms with Crippen molar-refractivity contribution in [2.24, 2.45) is 0 Å². The molecule has 25 heavy (non-hydrogen) atoms. The molecule has 2 aromatic rings. The van der Waals surface area contributed by atoms with Crippen LogP contribution in [0.2, 0.25) is 0 Å². The van der Waals surface area contributed by atoms with Gasteiger partial charge in [-0.05, 0) is 19.5 Å². The Labute approximate surface area is 149 Å². The minimum Gasteiger partial charge on any atom is -0.352 e. The number of nitrogens with zero attached hydrogens (tertiary/aromatic N) is 5. The molecule has 0 atom stereocenters. The standard InChI is InChI=1S/C19H25N5O/c1-3-23(14-16-7-5-4-6-8-16)18-13-17(20-15-21-18)19(25)24-11-9-22(2)10-12-24/h4-8,13,15H,3,9-12,14H2,1-2H3. The van der Waals surface area contributed by atoms with E-state index in [4.69, 9.17) is 0 Å². The highest BCUT2D eigenvalue weighted by Gasteiger charge is 2.22. The van der Waals surface area contributed by atoms with Gasteiger partial charge in [-0.25, -0.2) is 9.97 Å². The molecular formula is C19H25N5O. The Balaban J connectivity index is 1.74. The zero-order chi connectivity index (χ0) is 17.6. The van der Waals surface area contributed by atoms with E-state index in [1.807, 2.05) is 29.2 Å². The second kappa shape index (κ2) is 8.07. The number of benzene rings is 1. The predicted molar refractivity (Wildman–Crippen MR) is 98.6 cm³/mol. The first-order valence-corrected chi connectivity index (χ1v) is 8.76. The third-order valence-corrected chi connectivity index (χ3v) is 4.58. The lowest BCUT2D eigenvalue weighted by atomic mass is 10.2. The van der Waals surface area contributed by atoms with Crippen molar-refractivity contribution in [1.29, 1.82) is 0 Å². The van der Waals surface area contributed by atoms with Gasteiger partial charge >= 0.3 is 0 Å². The summed E-state index contributed by atoms with van der Waals surface area (Å²) < 4.78 is 0. The zero-order valence-electron chi connectivity index (χ0n) is 14.9. The molecule has 1 saturated heterocycles. The van der Waals surface area contributed by atoms with Gasteiger partial charge in [0.05, 0.1) is 0 Å². The summed E-state index contributed by atoms with van der Waals surface area (Å²) >= 11 is 0. The van der Waals surface area contributed by atoms with E-state index in [9.17, 15) is 4.79 Å². The third kappa shape index (κ3) is 4.33. The minimum atomic E-state index is -0.00693. The Morgan fingerprint density at radius 3 is 2.52 bits per heavy atom. The smallest absolute Gasteiger partial charge is 0.272 e. The molecule has 1 aromatic heterocycles. The first-order chi connectivity index (χ1) is 12.2. The molecule has 0 unspecified atom stereocenters. The molecule has 2 heterocycles. The number of piperazine rings is 1. The molecule has 0 saturated carbocycles. The molecule has 6 heteroatoms. The summed E-state index contributed by atoms with van der Waals surface area (Å²) in [5.41, 5.74) is 1.69. The number of carbonyl (C=O) groups is 1. The van der Waals surface area contributed by atoms with Crippen molar-refractivity contribution in [1.82, 2.24) is 19.8 Å². The van der Waals surface area contributed by atoms with E-state index in [0.717, 1.165) is 45.1 Å².